The molecular formula is C20H21NO5. The Balaban J connectivity index is 1.66. The maximum Gasteiger partial charge on any atom is 0.334 e. The van der Waals surface area contributed by atoms with Gasteiger partial charge in [0.1, 0.15) is 12.4 Å². The predicted molar refractivity (Wildman–Crippen MR) is 95.2 cm³/mol. The molecule has 6 nitrogen and oxygen atoms in total. The van der Waals surface area contributed by atoms with Crippen molar-refractivity contribution in [2.45, 2.75) is 19.6 Å². The molecule has 1 fully saturated rings. The quantitative estimate of drug-likeness (QED) is 0.892. The summed E-state index contributed by atoms with van der Waals surface area (Å²) in [6.07, 6.45) is -0.978. The third kappa shape index (κ3) is 4.40. The molecule has 3 rings (SSSR count). The normalized spacial score (nSPS) is 17.0. The molecule has 1 unspecified atom stereocenters. The number of benzene rings is 2. The van der Waals surface area contributed by atoms with Gasteiger partial charge in [-0.15, -0.1) is 0 Å². The fourth-order valence-corrected chi connectivity index (χ4v) is 2.85. The number of morpholine rings is 1. The van der Waals surface area contributed by atoms with Gasteiger partial charge in [0, 0.05) is 12.1 Å². The van der Waals surface area contributed by atoms with Gasteiger partial charge >= 0.3 is 5.97 Å². The number of hydrogen-bond acceptors (Lipinski definition) is 4. The molecule has 136 valence electrons. The Kier molecular flexibility index (Phi) is 5.53. The number of ether oxygens (including phenoxy) is 2. The molecule has 0 saturated carbocycles. The summed E-state index contributed by atoms with van der Waals surface area (Å²) in [7, 11) is 0. The van der Waals surface area contributed by atoms with E-state index in [1.165, 1.54) is 4.90 Å². The highest BCUT2D eigenvalue weighted by Gasteiger charge is 2.29. The smallest absolute Gasteiger partial charge is 0.334 e. The van der Waals surface area contributed by atoms with Crippen LogP contribution in [0.1, 0.15) is 21.5 Å². The first-order valence-electron chi connectivity index (χ1n) is 8.45. The fraction of sp³-hybridized carbons (Fsp3) is 0.300. The van der Waals surface area contributed by atoms with Crippen molar-refractivity contribution in [1.82, 2.24) is 4.90 Å². The summed E-state index contributed by atoms with van der Waals surface area (Å²) < 4.78 is 11.0. The number of carboxylic acids is 1. The second-order valence-corrected chi connectivity index (χ2v) is 6.25. The van der Waals surface area contributed by atoms with E-state index in [2.05, 4.69) is 6.07 Å². The van der Waals surface area contributed by atoms with Crippen molar-refractivity contribution in [2.24, 2.45) is 0 Å². The number of amides is 1. The Hall–Kier alpha value is -2.86. The van der Waals surface area contributed by atoms with Gasteiger partial charge in [-0.05, 0) is 30.7 Å². The Bertz CT molecular complexity index is 804. The SMILES string of the molecule is Cc1cccc(COc2cccc(C(=O)N3CCOC(C(=O)O)C3)c2)c1. The van der Waals surface area contributed by atoms with Crippen LogP contribution in [0.2, 0.25) is 0 Å². The molecule has 26 heavy (non-hydrogen) atoms. The van der Waals surface area contributed by atoms with Gasteiger partial charge in [-0.3, -0.25) is 4.79 Å². The second-order valence-electron chi connectivity index (χ2n) is 6.25. The minimum absolute atomic E-state index is 0.0442. The van der Waals surface area contributed by atoms with E-state index in [0.717, 1.165) is 11.1 Å². The summed E-state index contributed by atoms with van der Waals surface area (Å²) in [5.74, 6) is -0.682. The zero-order chi connectivity index (χ0) is 18.5. The van der Waals surface area contributed by atoms with Crippen molar-refractivity contribution in [3.05, 3.63) is 65.2 Å². The monoisotopic (exact) mass is 355 g/mol. The summed E-state index contributed by atoms with van der Waals surface area (Å²) in [6, 6.07) is 15.0. The van der Waals surface area contributed by atoms with Gasteiger partial charge in [0.2, 0.25) is 0 Å². The molecule has 0 spiro atoms. The fourth-order valence-electron chi connectivity index (χ4n) is 2.85. The lowest BCUT2D eigenvalue weighted by atomic mass is 10.1. The molecule has 1 aliphatic heterocycles. The largest absolute Gasteiger partial charge is 0.489 e. The topological polar surface area (TPSA) is 76.1 Å². The lowest BCUT2D eigenvalue weighted by Crippen LogP contribution is -2.48. The minimum atomic E-state index is -1.06. The third-order valence-corrected chi connectivity index (χ3v) is 4.20. The molecule has 0 aromatic heterocycles. The Morgan fingerprint density at radius 2 is 2.04 bits per heavy atom. The molecule has 2 aromatic carbocycles. The van der Waals surface area contributed by atoms with Gasteiger partial charge in [0.05, 0.1) is 13.2 Å². The average molecular weight is 355 g/mol. The molecule has 1 saturated heterocycles. The highest BCUT2D eigenvalue weighted by Crippen LogP contribution is 2.18. The molecule has 0 aliphatic carbocycles. The van der Waals surface area contributed by atoms with E-state index >= 15 is 0 Å². The highest BCUT2D eigenvalue weighted by atomic mass is 16.5. The average Bonchev–Trinajstić information content (AvgIpc) is 2.66. The number of carbonyl (C=O) groups is 2. The third-order valence-electron chi connectivity index (χ3n) is 4.20. The number of nitrogens with zero attached hydrogens (tertiary/aromatic N) is 1. The number of carbonyl (C=O) groups excluding carboxylic acids is 1. The molecular weight excluding hydrogens is 334 g/mol. The molecule has 0 bridgehead atoms. The molecule has 1 aliphatic rings. The van der Waals surface area contributed by atoms with E-state index in [1.54, 1.807) is 24.3 Å². The summed E-state index contributed by atoms with van der Waals surface area (Å²) >= 11 is 0. The summed E-state index contributed by atoms with van der Waals surface area (Å²) in [6.45, 7) is 3.07. The van der Waals surface area contributed by atoms with Gasteiger partial charge in [0.25, 0.3) is 5.91 Å². The van der Waals surface area contributed by atoms with Crippen LogP contribution in [0.25, 0.3) is 0 Å². The second kappa shape index (κ2) is 8.01. The predicted octanol–water partition coefficient (Wildman–Crippen LogP) is 2.50. The van der Waals surface area contributed by atoms with Crippen molar-refractivity contribution < 1.29 is 24.2 Å². The lowest BCUT2D eigenvalue weighted by molar-refractivity contribution is -0.154. The first kappa shape index (κ1) is 17.9. The van der Waals surface area contributed by atoms with Crippen LogP contribution < -0.4 is 4.74 Å². The molecule has 1 heterocycles. The zero-order valence-corrected chi connectivity index (χ0v) is 14.6. The molecule has 6 heteroatoms. The van der Waals surface area contributed by atoms with Gasteiger partial charge in [-0.2, -0.15) is 0 Å². The first-order valence-corrected chi connectivity index (χ1v) is 8.45. The number of aliphatic carboxylic acids is 1. The van der Waals surface area contributed by atoms with E-state index in [-0.39, 0.29) is 19.1 Å². The maximum atomic E-state index is 12.7. The Morgan fingerprint density at radius 3 is 2.81 bits per heavy atom. The highest BCUT2D eigenvalue weighted by molar-refractivity contribution is 5.95. The maximum absolute atomic E-state index is 12.7. The van der Waals surface area contributed by atoms with Gasteiger partial charge in [0.15, 0.2) is 6.10 Å². The van der Waals surface area contributed by atoms with Crippen molar-refractivity contribution >= 4 is 11.9 Å². The Labute approximate surface area is 152 Å². The molecule has 1 atom stereocenters. The standard InChI is InChI=1S/C20H21NO5/c1-14-4-2-5-15(10-14)13-26-17-7-3-6-16(11-17)19(22)21-8-9-25-18(12-21)20(23)24/h2-7,10-11,18H,8-9,12-13H2,1H3,(H,23,24). The number of hydrogen-bond donors (Lipinski definition) is 1. The van der Waals surface area contributed by atoms with Crippen LogP contribution in [0, 0.1) is 6.92 Å². The van der Waals surface area contributed by atoms with E-state index in [9.17, 15) is 9.59 Å². The minimum Gasteiger partial charge on any atom is -0.489 e. The van der Waals surface area contributed by atoms with Crippen molar-refractivity contribution in [3.63, 3.8) is 0 Å². The van der Waals surface area contributed by atoms with E-state index in [0.29, 0.717) is 24.5 Å². The molecule has 1 N–H and O–H groups in total. The number of aryl methyl sites for hydroxylation is 1. The first-order chi connectivity index (χ1) is 12.5. The molecule has 2 aromatic rings. The van der Waals surface area contributed by atoms with Crippen LogP contribution in [0.3, 0.4) is 0 Å². The lowest BCUT2D eigenvalue weighted by Gasteiger charge is -2.31. The zero-order valence-electron chi connectivity index (χ0n) is 14.6. The van der Waals surface area contributed by atoms with Crippen molar-refractivity contribution in [2.75, 3.05) is 19.7 Å². The number of rotatable bonds is 5. The van der Waals surface area contributed by atoms with Gasteiger partial charge in [-0.25, -0.2) is 4.79 Å². The number of carboxylic acid groups (broad SMARTS) is 1. The summed E-state index contributed by atoms with van der Waals surface area (Å²) in [5, 5.41) is 9.07. The van der Waals surface area contributed by atoms with Crippen molar-refractivity contribution in [1.29, 1.82) is 0 Å². The Morgan fingerprint density at radius 1 is 1.23 bits per heavy atom. The molecule has 1 amide bonds. The van der Waals surface area contributed by atoms with Gasteiger partial charge < -0.3 is 19.5 Å². The summed E-state index contributed by atoms with van der Waals surface area (Å²) in [5.41, 5.74) is 2.69. The summed E-state index contributed by atoms with van der Waals surface area (Å²) in [4.78, 5) is 25.2. The van der Waals surface area contributed by atoms with Crippen LogP contribution in [-0.2, 0) is 16.1 Å². The molecule has 0 radical (unpaired) electrons. The van der Waals surface area contributed by atoms with Crippen LogP contribution in [0.5, 0.6) is 5.75 Å². The van der Waals surface area contributed by atoms with Crippen LogP contribution >= 0.6 is 0 Å². The van der Waals surface area contributed by atoms with E-state index in [4.69, 9.17) is 14.6 Å². The van der Waals surface area contributed by atoms with Crippen LogP contribution in [0.15, 0.2) is 48.5 Å². The van der Waals surface area contributed by atoms with Gasteiger partial charge in [-0.1, -0.05) is 35.9 Å². The van der Waals surface area contributed by atoms with Crippen molar-refractivity contribution in [3.8, 4) is 5.75 Å². The van der Waals surface area contributed by atoms with E-state index in [1.807, 2.05) is 25.1 Å². The van der Waals surface area contributed by atoms with Crippen LogP contribution in [0.4, 0.5) is 0 Å². The van der Waals surface area contributed by atoms with Crippen LogP contribution in [-0.4, -0.2) is 47.7 Å². The van der Waals surface area contributed by atoms with E-state index < -0.39 is 12.1 Å².